The summed E-state index contributed by atoms with van der Waals surface area (Å²) in [6.07, 6.45) is 3.34. The summed E-state index contributed by atoms with van der Waals surface area (Å²) in [5.74, 6) is 0.444. The van der Waals surface area contributed by atoms with E-state index in [9.17, 15) is 9.59 Å². The number of benzene rings is 1. The maximum Gasteiger partial charge on any atom is 0.264 e. The Bertz CT molecular complexity index is 745. The summed E-state index contributed by atoms with van der Waals surface area (Å²) in [6, 6.07) is 7.19. The molecule has 1 aliphatic heterocycles. The topological polar surface area (TPSA) is 84.4 Å². The zero-order chi connectivity index (χ0) is 17.6. The van der Waals surface area contributed by atoms with Crippen molar-refractivity contribution in [2.24, 2.45) is 0 Å². The molecule has 132 valence electrons. The fourth-order valence-corrected chi connectivity index (χ4v) is 3.42. The van der Waals surface area contributed by atoms with Crippen LogP contribution in [0.15, 0.2) is 24.3 Å². The van der Waals surface area contributed by atoms with E-state index in [0.29, 0.717) is 17.3 Å². The van der Waals surface area contributed by atoms with Gasteiger partial charge in [-0.2, -0.15) is 0 Å². The van der Waals surface area contributed by atoms with Crippen molar-refractivity contribution in [2.45, 2.75) is 32.6 Å². The molecule has 1 N–H and O–H groups in total. The van der Waals surface area contributed by atoms with Crippen LogP contribution >= 0.6 is 11.3 Å². The van der Waals surface area contributed by atoms with Crippen LogP contribution in [-0.4, -0.2) is 35.2 Å². The van der Waals surface area contributed by atoms with E-state index in [0.717, 1.165) is 36.5 Å². The first kappa shape index (κ1) is 17.3. The minimum Gasteiger partial charge on any atom is -0.484 e. The average Bonchev–Trinajstić information content (AvgIpc) is 3.23. The fraction of sp³-hybridized carbons (Fsp3) is 0.412. The second kappa shape index (κ2) is 8.06. The van der Waals surface area contributed by atoms with E-state index in [1.807, 2.05) is 12.1 Å². The second-order valence-electron chi connectivity index (χ2n) is 5.73. The molecule has 1 aromatic carbocycles. The number of nitrogens with one attached hydrogen (secondary N) is 1. The van der Waals surface area contributed by atoms with Gasteiger partial charge in [0, 0.05) is 25.1 Å². The molecule has 7 nitrogen and oxygen atoms in total. The number of carbonyl (C=O) groups excluding carboxylic acids is 2. The first-order valence-electron chi connectivity index (χ1n) is 8.31. The van der Waals surface area contributed by atoms with Crippen molar-refractivity contribution in [1.29, 1.82) is 0 Å². The van der Waals surface area contributed by atoms with Crippen molar-refractivity contribution < 1.29 is 14.3 Å². The van der Waals surface area contributed by atoms with Crippen molar-refractivity contribution >= 4 is 34.0 Å². The summed E-state index contributed by atoms with van der Waals surface area (Å²) in [6.45, 7) is 2.71. The Morgan fingerprint density at radius 3 is 2.80 bits per heavy atom. The van der Waals surface area contributed by atoms with Gasteiger partial charge >= 0.3 is 0 Å². The van der Waals surface area contributed by atoms with Gasteiger partial charge in [-0.05, 0) is 37.1 Å². The number of hydrogen-bond acceptors (Lipinski definition) is 6. The Hall–Kier alpha value is -2.48. The largest absolute Gasteiger partial charge is 0.484 e. The maximum absolute atomic E-state index is 11.9. The third-order valence-corrected chi connectivity index (χ3v) is 4.67. The van der Waals surface area contributed by atoms with Crippen molar-refractivity contribution in [2.75, 3.05) is 23.4 Å². The highest BCUT2D eigenvalue weighted by Crippen LogP contribution is 2.24. The molecule has 8 heteroatoms. The van der Waals surface area contributed by atoms with Gasteiger partial charge in [0.1, 0.15) is 10.8 Å². The number of anilines is 2. The highest BCUT2D eigenvalue weighted by atomic mass is 32.1. The van der Waals surface area contributed by atoms with Gasteiger partial charge in [0.2, 0.25) is 11.0 Å². The molecule has 0 aliphatic carbocycles. The van der Waals surface area contributed by atoms with Crippen LogP contribution in [0.5, 0.6) is 5.75 Å². The molecule has 0 radical (unpaired) electrons. The number of rotatable bonds is 7. The molecule has 25 heavy (non-hydrogen) atoms. The lowest BCUT2D eigenvalue weighted by Gasteiger charge is -2.16. The molecule has 1 fully saturated rings. The van der Waals surface area contributed by atoms with Crippen LogP contribution in [0.3, 0.4) is 0 Å². The Morgan fingerprint density at radius 1 is 1.32 bits per heavy atom. The molecule has 2 aromatic rings. The molecule has 1 aromatic heterocycles. The average molecular weight is 360 g/mol. The zero-order valence-electron chi connectivity index (χ0n) is 14.0. The molecule has 0 unspecified atom stereocenters. The number of carbonyl (C=O) groups is 2. The smallest absolute Gasteiger partial charge is 0.264 e. The summed E-state index contributed by atoms with van der Waals surface area (Å²) in [5.41, 5.74) is 0.858. The van der Waals surface area contributed by atoms with Gasteiger partial charge in [-0.25, -0.2) is 0 Å². The SMILES string of the molecule is CCCc1nnc(NC(=O)COc2ccc(N3CCCC3=O)cc2)s1. The predicted molar refractivity (Wildman–Crippen MR) is 96.1 cm³/mol. The summed E-state index contributed by atoms with van der Waals surface area (Å²) < 4.78 is 5.48. The van der Waals surface area contributed by atoms with Crippen molar-refractivity contribution in [3.63, 3.8) is 0 Å². The molecule has 2 amide bonds. The van der Waals surface area contributed by atoms with E-state index in [1.165, 1.54) is 11.3 Å². The highest BCUT2D eigenvalue weighted by Gasteiger charge is 2.21. The number of aromatic nitrogens is 2. The van der Waals surface area contributed by atoms with Gasteiger partial charge in [0.15, 0.2) is 6.61 Å². The van der Waals surface area contributed by atoms with Crippen LogP contribution in [0.1, 0.15) is 31.2 Å². The van der Waals surface area contributed by atoms with Gasteiger partial charge in [-0.1, -0.05) is 18.3 Å². The molecule has 0 spiro atoms. The molecule has 1 aliphatic rings. The Morgan fingerprint density at radius 2 is 2.12 bits per heavy atom. The summed E-state index contributed by atoms with van der Waals surface area (Å²) >= 11 is 1.38. The van der Waals surface area contributed by atoms with E-state index in [-0.39, 0.29) is 18.4 Å². The van der Waals surface area contributed by atoms with E-state index in [2.05, 4.69) is 22.4 Å². The highest BCUT2D eigenvalue weighted by molar-refractivity contribution is 7.15. The van der Waals surface area contributed by atoms with Crippen molar-refractivity contribution in [3.05, 3.63) is 29.3 Å². The Balaban J connectivity index is 1.49. The molecule has 0 atom stereocenters. The Labute approximate surface area is 150 Å². The zero-order valence-corrected chi connectivity index (χ0v) is 14.8. The standard InChI is InChI=1S/C17H20N4O3S/c1-2-4-15-19-20-17(25-15)18-14(22)11-24-13-8-6-12(7-9-13)21-10-3-5-16(21)23/h6-9H,2-5,10-11H2,1H3,(H,18,20,22). The van der Waals surface area contributed by atoms with Crippen molar-refractivity contribution in [3.8, 4) is 5.75 Å². The monoisotopic (exact) mass is 360 g/mol. The quantitative estimate of drug-likeness (QED) is 0.820. The summed E-state index contributed by atoms with van der Waals surface area (Å²) in [5, 5.41) is 12.0. The molecule has 2 heterocycles. The second-order valence-corrected chi connectivity index (χ2v) is 6.79. The van der Waals surface area contributed by atoms with Gasteiger partial charge in [-0.3, -0.25) is 14.9 Å². The molecular formula is C17H20N4O3S. The number of nitrogens with zero attached hydrogens (tertiary/aromatic N) is 3. The predicted octanol–water partition coefficient (Wildman–Crippen LogP) is 2.63. The third-order valence-electron chi connectivity index (χ3n) is 3.77. The number of amides is 2. The van der Waals surface area contributed by atoms with E-state index in [1.54, 1.807) is 17.0 Å². The van der Waals surface area contributed by atoms with Crippen LogP contribution in [0.25, 0.3) is 0 Å². The number of hydrogen-bond donors (Lipinski definition) is 1. The van der Waals surface area contributed by atoms with Crippen LogP contribution in [0.4, 0.5) is 10.8 Å². The van der Waals surface area contributed by atoms with Crippen LogP contribution in [0, 0.1) is 0 Å². The van der Waals surface area contributed by atoms with Gasteiger partial charge in [0.05, 0.1) is 0 Å². The first-order chi connectivity index (χ1) is 12.2. The fourth-order valence-electron chi connectivity index (χ4n) is 2.57. The maximum atomic E-state index is 11.9. The normalized spacial score (nSPS) is 14.0. The Kier molecular flexibility index (Phi) is 5.60. The third kappa shape index (κ3) is 4.54. The number of ether oxygens (including phenoxy) is 1. The summed E-state index contributed by atoms with van der Waals surface area (Å²) in [7, 11) is 0. The number of aryl methyl sites for hydroxylation is 1. The molecular weight excluding hydrogens is 340 g/mol. The van der Waals surface area contributed by atoms with Crippen molar-refractivity contribution in [1.82, 2.24) is 10.2 Å². The lowest BCUT2D eigenvalue weighted by Crippen LogP contribution is -2.23. The van der Waals surface area contributed by atoms with Crippen LogP contribution in [-0.2, 0) is 16.0 Å². The molecule has 3 rings (SSSR count). The van der Waals surface area contributed by atoms with Crippen LogP contribution < -0.4 is 15.0 Å². The van der Waals surface area contributed by atoms with E-state index in [4.69, 9.17) is 4.74 Å². The summed E-state index contributed by atoms with van der Waals surface area (Å²) in [4.78, 5) is 25.4. The minimum absolute atomic E-state index is 0.106. The van der Waals surface area contributed by atoms with E-state index >= 15 is 0 Å². The molecule has 1 saturated heterocycles. The van der Waals surface area contributed by atoms with Gasteiger partial charge in [-0.15, -0.1) is 10.2 Å². The van der Waals surface area contributed by atoms with Gasteiger partial charge < -0.3 is 9.64 Å². The van der Waals surface area contributed by atoms with Gasteiger partial charge in [0.25, 0.3) is 5.91 Å². The first-order valence-corrected chi connectivity index (χ1v) is 9.13. The lowest BCUT2D eigenvalue weighted by atomic mass is 10.3. The molecule has 0 bridgehead atoms. The van der Waals surface area contributed by atoms with Crippen LogP contribution in [0.2, 0.25) is 0 Å². The minimum atomic E-state index is -0.280. The van der Waals surface area contributed by atoms with E-state index < -0.39 is 0 Å². The molecule has 0 saturated carbocycles. The lowest BCUT2D eigenvalue weighted by molar-refractivity contribution is -0.118.